The molecule has 0 spiro atoms. The number of para-hydroxylation sites is 1. The molecule has 7 heteroatoms. The van der Waals surface area contributed by atoms with Crippen LogP contribution in [0.1, 0.15) is 31.7 Å². The quantitative estimate of drug-likeness (QED) is 0.306. The molecule has 3 rings (SSSR count). The fourth-order valence-corrected chi connectivity index (χ4v) is 3.45. The van der Waals surface area contributed by atoms with E-state index in [1.54, 1.807) is 0 Å². The first-order chi connectivity index (χ1) is 14.7. The molecule has 31 heavy (non-hydrogen) atoms. The third-order valence-corrected chi connectivity index (χ3v) is 5.06. The van der Waals surface area contributed by atoms with Gasteiger partial charge < -0.3 is 20.3 Å². The van der Waals surface area contributed by atoms with E-state index in [2.05, 4.69) is 27.4 Å². The number of amides is 1. The largest absolute Gasteiger partial charge is 0.490 e. The lowest BCUT2D eigenvalue weighted by Gasteiger charge is -2.34. The number of carbonyl (C=O) groups is 1. The van der Waals surface area contributed by atoms with Gasteiger partial charge >= 0.3 is 0 Å². The lowest BCUT2D eigenvalue weighted by atomic mass is 10.1. The zero-order valence-electron chi connectivity index (χ0n) is 18.1. The molecule has 0 unspecified atom stereocenters. The summed E-state index contributed by atoms with van der Waals surface area (Å²) in [6.07, 6.45) is 2.53. The first-order valence-electron chi connectivity index (χ1n) is 10.8. The Balaban J connectivity index is 0.00000341. The maximum absolute atomic E-state index is 12.1. The topological polar surface area (TPSA) is 66.0 Å². The van der Waals surface area contributed by atoms with Gasteiger partial charge in [0.1, 0.15) is 11.9 Å². The molecule has 0 atom stereocenters. The van der Waals surface area contributed by atoms with Crippen LogP contribution in [0.25, 0.3) is 0 Å². The summed E-state index contributed by atoms with van der Waals surface area (Å²) < 4.78 is 6.08. The highest BCUT2D eigenvalue weighted by Crippen LogP contribution is 2.18. The Kier molecular flexibility index (Phi) is 11.2. The van der Waals surface area contributed by atoms with Crippen LogP contribution in [0, 0.1) is 0 Å². The molecule has 0 aliphatic carbocycles. The Labute approximate surface area is 202 Å². The van der Waals surface area contributed by atoms with E-state index < -0.39 is 0 Å². The van der Waals surface area contributed by atoms with Gasteiger partial charge in [-0.3, -0.25) is 9.79 Å². The number of aliphatic imine (C=N–C) groups is 1. The van der Waals surface area contributed by atoms with Crippen molar-refractivity contribution in [2.45, 2.75) is 38.8 Å². The van der Waals surface area contributed by atoms with E-state index in [0.717, 1.165) is 49.7 Å². The summed E-state index contributed by atoms with van der Waals surface area (Å²) in [6.45, 7) is 5.68. The lowest BCUT2D eigenvalue weighted by molar-refractivity contribution is -0.121. The number of carbonyl (C=O) groups excluding carboxylic acids is 1. The van der Waals surface area contributed by atoms with Crippen LogP contribution >= 0.6 is 24.0 Å². The van der Waals surface area contributed by atoms with Crippen molar-refractivity contribution in [3.05, 3.63) is 66.2 Å². The Hall–Kier alpha value is -2.29. The second kappa shape index (κ2) is 13.9. The number of guanidine groups is 1. The monoisotopic (exact) mass is 536 g/mol. The SMILES string of the molecule is CCNC(=NCCC(=O)NCc1ccccc1)N1CCC(Oc2ccccc2)CC1.I. The molecular weight excluding hydrogens is 503 g/mol. The number of nitrogens with one attached hydrogen (secondary N) is 2. The van der Waals surface area contributed by atoms with Gasteiger partial charge in [0.25, 0.3) is 0 Å². The van der Waals surface area contributed by atoms with Gasteiger partial charge in [0, 0.05) is 45.4 Å². The van der Waals surface area contributed by atoms with Crippen LogP contribution in [-0.4, -0.2) is 49.0 Å². The zero-order chi connectivity index (χ0) is 21.0. The molecule has 1 aliphatic rings. The van der Waals surface area contributed by atoms with Crippen LogP contribution in [0.4, 0.5) is 0 Å². The van der Waals surface area contributed by atoms with Crippen LogP contribution in [0.3, 0.4) is 0 Å². The van der Waals surface area contributed by atoms with E-state index in [1.165, 1.54) is 0 Å². The predicted molar refractivity (Wildman–Crippen MR) is 136 cm³/mol. The Bertz CT molecular complexity index is 794. The highest BCUT2D eigenvalue weighted by Gasteiger charge is 2.22. The molecule has 0 aromatic heterocycles. The fourth-order valence-electron chi connectivity index (χ4n) is 3.45. The van der Waals surface area contributed by atoms with Crippen LogP contribution in [-0.2, 0) is 11.3 Å². The number of benzene rings is 2. The molecule has 1 fully saturated rings. The molecule has 2 aromatic carbocycles. The van der Waals surface area contributed by atoms with E-state index in [0.29, 0.717) is 19.5 Å². The number of nitrogens with zero attached hydrogens (tertiary/aromatic N) is 2. The predicted octanol–water partition coefficient (Wildman–Crippen LogP) is 3.82. The molecular formula is C24H33IN4O2. The van der Waals surface area contributed by atoms with Crippen molar-refractivity contribution < 1.29 is 9.53 Å². The first-order valence-corrected chi connectivity index (χ1v) is 10.8. The number of halogens is 1. The van der Waals surface area contributed by atoms with Gasteiger partial charge in [0.05, 0.1) is 6.54 Å². The van der Waals surface area contributed by atoms with Crippen LogP contribution in [0.15, 0.2) is 65.7 Å². The number of piperidine rings is 1. The van der Waals surface area contributed by atoms with Gasteiger partial charge in [-0.1, -0.05) is 48.5 Å². The van der Waals surface area contributed by atoms with Gasteiger partial charge in [-0.15, -0.1) is 24.0 Å². The number of hydrogen-bond acceptors (Lipinski definition) is 3. The molecule has 0 saturated carbocycles. The number of ether oxygens (including phenoxy) is 1. The van der Waals surface area contributed by atoms with Crippen LogP contribution in [0.5, 0.6) is 5.75 Å². The van der Waals surface area contributed by atoms with Crippen LogP contribution in [0.2, 0.25) is 0 Å². The van der Waals surface area contributed by atoms with Gasteiger partial charge in [-0.05, 0) is 24.6 Å². The van der Waals surface area contributed by atoms with Gasteiger partial charge in [0.2, 0.25) is 5.91 Å². The molecule has 6 nitrogen and oxygen atoms in total. The van der Waals surface area contributed by atoms with E-state index in [9.17, 15) is 4.79 Å². The number of hydrogen-bond donors (Lipinski definition) is 2. The Morgan fingerprint density at radius 2 is 1.68 bits per heavy atom. The maximum Gasteiger partial charge on any atom is 0.222 e. The normalized spacial score (nSPS) is 14.5. The van der Waals surface area contributed by atoms with Crippen molar-refractivity contribution >= 4 is 35.8 Å². The molecule has 1 amide bonds. The highest BCUT2D eigenvalue weighted by molar-refractivity contribution is 14.0. The lowest BCUT2D eigenvalue weighted by Crippen LogP contribution is -2.47. The second-order valence-corrected chi connectivity index (χ2v) is 7.37. The number of rotatable bonds is 8. The third-order valence-electron chi connectivity index (χ3n) is 5.06. The molecule has 168 valence electrons. The highest BCUT2D eigenvalue weighted by atomic mass is 127. The summed E-state index contributed by atoms with van der Waals surface area (Å²) in [7, 11) is 0. The third kappa shape index (κ3) is 8.77. The van der Waals surface area contributed by atoms with E-state index in [4.69, 9.17) is 4.74 Å². The summed E-state index contributed by atoms with van der Waals surface area (Å²) >= 11 is 0. The van der Waals surface area contributed by atoms with Crippen molar-refractivity contribution in [2.75, 3.05) is 26.2 Å². The smallest absolute Gasteiger partial charge is 0.222 e. The van der Waals surface area contributed by atoms with Crippen LogP contribution < -0.4 is 15.4 Å². The molecule has 1 aliphatic heterocycles. The molecule has 0 radical (unpaired) electrons. The summed E-state index contributed by atoms with van der Waals surface area (Å²) in [6, 6.07) is 19.9. The molecule has 2 N–H and O–H groups in total. The van der Waals surface area contributed by atoms with Gasteiger partial charge in [0.15, 0.2) is 5.96 Å². The van der Waals surface area contributed by atoms with Gasteiger partial charge in [-0.25, -0.2) is 0 Å². The molecule has 1 saturated heterocycles. The average molecular weight is 536 g/mol. The summed E-state index contributed by atoms with van der Waals surface area (Å²) in [4.78, 5) is 19.0. The zero-order valence-corrected chi connectivity index (χ0v) is 20.5. The average Bonchev–Trinajstić information content (AvgIpc) is 2.79. The minimum absolute atomic E-state index is 0. The molecule has 1 heterocycles. The fraction of sp³-hybridized carbons (Fsp3) is 0.417. The Morgan fingerprint density at radius 1 is 1.03 bits per heavy atom. The summed E-state index contributed by atoms with van der Waals surface area (Å²) in [5.74, 6) is 1.83. The molecule has 2 aromatic rings. The van der Waals surface area contributed by atoms with E-state index in [1.807, 2.05) is 60.7 Å². The Morgan fingerprint density at radius 3 is 2.32 bits per heavy atom. The van der Waals surface area contributed by atoms with Crippen molar-refractivity contribution in [3.63, 3.8) is 0 Å². The van der Waals surface area contributed by atoms with Crippen molar-refractivity contribution in [2.24, 2.45) is 4.99 Å². The minimum atomic E-state index is 0. The van der Waals surface area contributed by atoms with E-state index in [-0.39, 0.29) is 36.0 Å². The van der Waals surface area contributed by atoms with Crippen molar-refractivity contribution in [3.8, 4) is 5.75 Å². The standard InChI is InChI=1S/C24H32N4O2.HI/c1-2-25-24(26-16-13-23(29)27-19-20-9-5-3-6-10-20)28-17-14-22(15-18-28)30-21-11-7-4-8-12-21;/h3-12,22H,2,13-19H2,1H3,(H,25,26)(H,27,29);1H. The van der Waals surface area contributed by atoms with E-state index >= 15 is 0 Å². The first kappa shape index (κ1) is 25.0. The summed E-state index contributed by atoms with van der Waals surface area (Å²) in [5, 5.41) is 6.31. The summed E-state index contributed by atoms with van der Waals surface area (Å²) in [5.41, 5.74) is 1.10. The van der Waals surface area contributed by atoms with Crippen molar-refractivity contribution in [1.29, 1.82) is 0 Å². The van der Waals surface area contributed by atoms with Gasteiger partial charge in [-0.2, -0.15) is 0 Å². The molecule has 0 bridgehead atoms. The van der Waals surface area contributed by atoms with Crippen molar-refractivity contribution in [1.82, 2.24) is 15.5 Å². The minimum Gasteiger partial charge on any atom is -0.490 e. The maximum atomic E-state index is 12.1. The second-order valence-electron chi connectivity index (χ2n) is 7.37. The number of likely N-dealkylation sites (tertiary alicyclic amines) is 1.